The number of allylic oxidation sites excluding steroid dienone is 1. The summed E-state index contributed by atoms with van der Waals surface area (Å²) in [7, 11) is 0. The number of hydrogen-bond acceptors (Lipinski definition) is 1. The van der Waals surface area contributed by atoms with E-state index < -0.39 is 0 Å². The van der Waals surface area contributed by atoms with Crippen LogP contribution in [0.1, 0.15) is 45.6 Å². The van der Waals surface area contributed by atoms with Crippen molar-refractivity contribution in [2.24, 2.45) is 5.92 Å². The first kappa shape index (κ1) is 12.8. The van der Waals surface area contributed by atoms with Crippen molar-refractivity contribution in [1.82, 2.24) is 0 Å². The van der Waals surface area contributed by atoms with Crippen LogP contribution in [-0.4, -0.2) is 0 Å². The van der Waals surface area contributed by atoms with Crippen molar-refractivity contribution < 1.29 is 4.74 Å². The van der Waals surface area contributed by atoms with E-state index >= 15 is 0 Å². The van der Waals surface area contributed by atoms with E-state index in [4.69, 9.17) is 4.74 Å². The Bertz CT molecular complexity index is 320. The largest absolute Gasteiger partial charge is 0.465 e. The van der Waals surface area contributed by atoms with E-state index in [1.54, 1.807) is 6.26 Å². The van der Waals surface area contributed by atoms with Crippen molar-refractivity contribution >= 4 is 0 Å². The quantitative estimate of drug-likeness (QED) is 0.648. The van der Waals surface area contributed by atoms with E-state index in [1.807, 2.05) is 12.1 Å². The minimum Gasteiger partial charge on any atom is -0.465 e. The van der Waals surface area contributed by atoms with Gasteiger partial charge in [0, 0.05) is 0 Å². The van der Waals surface area contributed by atoms with Gasteiger partial charge in [0.1, 0.15) is 5.75 Å². The van der Waals surface area contributed by atoms with Crippen LogP contribution in [-0.2, 0) is 0 Å². The third-order valence-electron chi connectivity index (χ3n) is 2.45. The summed E-state index contributed by atoms with van der Waals surface area (Å²) in [5.74, 6) is 2.16. The van der Waals surface area contributed by atoms with Crippen LogP contribution >= 0.6 is 0 Å². The lowest BCUT2D eigenvalue weighted by Crippen LogP contribution is -1.88. The Balaban J connectivity index is 2.46. The Labute approximate surface area is 99.1 Å². The van der Waals surface area contributed by atoms with Crippen LogP contribution in [0.4, 0.5) is 0 Å². The maximum absolute atomic E-state index is 5.51. The van der Waals surface area contributed by atoms with E-state index in [0.29, 0.717) is 11.8 Å². The van der Waals surface area contributed by atoms with Gasteiger partial charge < -0.3 is 4.74 Å². The fourth-order valence-electron chi connectivity index (χ4n) is 1.39. The first-order chi connectivity index (χ1) is 7.59. The van der Waals surface area contributed by atoms with Crippen molar-refractivity contribution in [3.05, 3.63) is 42.2 Å². The molecule has 0 amide bonds. The molecule has 0 aliphatic heterocycles. The molecule has 0 aliphatic rings. The zero-order valence-electron chi connectivity index (χ0n) is 10.7. The molecule has 0 saturated heterocycles. The van der Waals surface area contributed by atoms with E-state index in [2.05, 4.69) is 45.9 Å². The Hall–Kier alpha value is -1.24. The molecule has 0 saturated carbocycles. The molecule has 0 atom stereocenters. The smallest absolute Gasteiger partial charge is 0.126 e. The lowest BCUT2D eigenvalue weighted by molar-refractivity contribution is 0.475. The number of ether oxygens (including phenoxy) is 1. The number of hydrogen-bond donors (Lipinski definition) is 0. The Morgan fingerprint density at radius 1 is 1.06 bits per heavy atom. The van der Waals surface area contributed by atoms with Crippen LogP contribution in [0.5, 0.6) is 5.75 Å². The molecule has 1 aromatic rings. The van der Waals surface area contributed by atoms with Gasteiger partial charge in [-0.3, -0.25) is 0 Å². The molecule has 16 heavy (non-hydrogen) atoms. The zero-order chi connectivity index (χ0) is 12.0. The van der Waals surface area contributed by atoms with Crippen molar-refractivity contribution in [2.75, 3.05) is 0 Å². The molecule has 1 heteroatoms. The van der Waals surface area contributed by atoms with Crippen LogP contribution in [0, 0.1) is 5.92 Å². The van der Waals surface area contributed by atoms with Crippen LogP contribution in [0.2, 0.25) is 0 Å². The monoisotopic (exact) mass is 218 g/mol. The summed E-state index contributed by atoms with van der Waals surface area (Å²) in [6.45, 7) is 8.78. The maximum Gasteiger partial charge on any atom is 0.126 e. The summed E-state index contributed by atoms with van der Waals surface area (Å²) in [4.78, 5) is 0. The molecule has 0 aromatic heterocycles. The predicted molar refractivity (Wildman–Crippen MR) is 69.8 cm³/mol. The molecule has 0 unspecified atom stereocenters. The molecule has 0 fully saturated rings. The van der Waals surface area contributed by atoms with Gasteiger partial charge in [-0.2, -0.15) is 0 Å². The fourth-order valence-corrected chi connectivity index (χ4v) is 1.39. The average molecular weight is 218 g/mol. The highest BCUT2D eigenvalue weighted by molar-refractivity contribution is 5.29. The van der Waals surface area contributed by atoms with Crippen LogP contribution in [0.3, 0.4) is 0 Å². The van der Waals surface area contributed by atoms with E-state index in [-0.39, 0.29) is 0 Å². The molecule has 0 aliphatic carbocycles. The highest BCUT2D eigenvalue weighted by Crippen LogP contribution is 2.18. The van der Waals surface area contributed by atoms with Crippen molar-refractivity contribution in [2.45, 2.75) is 40.0 Å². The van der Waals surface area contributed by atoms with E-state index in [1.165, 1.54) is 5.56 Å². The summed E-state index contributed by atoms with van der Waals surface area (Å²) >= 11 is 0. The van der Waals surface area contributed by atoms with Crippen molar-refractivity contribution in [1.29, 1.82) is 0 Å². The minimum atomic E-state index is 0.575. The normalized spacial score (nSPS) is 11.6. The van der Waals surface area contributed by atoms with Gasteiger partial charge in [-0.25, -0.2) is 0 Å². The predicted octanol–water partition coefficient (Wildman–Crippen LogP) is 4.75. The maximum atomic E-state index is 5.51. The topological polar surface area (TPSA) is 9.23 Å². The molecule has 1 nitrogen and oxygen atoms in total. The molecule has 1 rings (SSSR count). The second kappa shape index (κ2) is 6.37. The third kappa shape index (κ3) is 4.52. The van der Waals surface area contributed by atoms with E-state index in [0.717, 1.165) is 12.2 Å². The standard InChI is InChI=1S/C15H22O/c1-12(2)6-5-11-16-15-9-7-14(8-10-15)13(3)4/h5,7-13H,6H2,1-4H3/b11-5+. The molecular weight excluding hydrogens is 196 g/mol. The van der Waals surface area contributed by atoms with Gasteiger partial charge in [-0.05, 0) is 42.0 Å². The summed E-state index contributed by atoms with van der Waals surface area (Å²) in [6, 6.07) is 8.29. The summed E-state index contributed by atoms with van der Waals surface area (Å²) < 4.78 is 5.51. The van der Waals surface area contributed by atoms with Gasteiger partial charge >= 0.3 is 0 Å². The summed E-state index contributed by atoms with van der Waals surface area (Å²) in [5, 5.41) is 0. The lowest BCUT2D eigenvalue weighted by atomic mass is 10.0. The highest BCUT2D eigenvalue weighted by Gasteiger charge is 1.98. The molecule has 0 heterocycles. The van der Waals surface area contributed by atoms with Crippen LogP contribution < -0.4 is 4.74 Å². The van der Waals surface area contributed by atoms with Crippen LogP contribution in [0.15, 0.2) is 36.6 Å². The van der Waals surface area contributed by atoms with Gasteiger partial charge in [0.2, 0.25) is 0 Å². The SMILES string of the molecule is CC(C)C/C=C/Oc1ccc(C(C)C)cc1. The van der Waals surface area contributed by atoms with Crippen molar-refractivity contribution in [3.8, 4) is 5.75 Å². The Kier molecular flexibility index (Phi) is 5.10. The van der Waals surface area contributed by atoms with Crippen LogP contribution in [0.25, 0.3) is 0 Å². The van der Waals surface area contributed by atoms with Gasteiger partial charge in [0.25, 0.3) is 0 Å². The van der Waals surface area contributed by atoms with Crippen molar-refractivity contribution in [3.63, 3.8) is 0 Å². The van der Waals surface area contributed by atoms with Gasteiger partial charge in [-0.15, -0.1) is 0 Å². The second-order valence-electron chi connectivity index (χ2n) is 4.84. The molecule has 0 radical (unpaired) electrons. The minimum absolute atomic E-state index is 0.575. The second-order valence-corrected chi connectivity index (χ2v) is 4.84. The zero-order valence-corrected chi connectivity index (χ0v) is 10.7. The molecule has 88 valence electrons. The first-order valence-corrected chi connectivity index (χ1v) is 6.01. The molecule has 0 spiro atoms. The Morgan fingerprint density at radius 2 is 1.69 bits per heavy atom. The highest BCUT2D eigenvalue weighted by atomic mass is 16.5. The van der Waals surface area contributed by atoms with E-state index in [9.17, 15) is 0 Å². The number of benzene rings is 1. The summed E-state index contributed by atoms with van der Waals surface area (Å²) in [6.07, 6.45) is 4.91. The van der Waals surface area contributed by atoms with Gasteiger partial charge in [0.15, 0.2) is 0 Å². The third-order valence-corrected chi connectivity index (χ3v) is 2.45. The molecule has 0 N–H and O–H groups in total. The summed E-state index contributed by atoms with van der Waals surface area (Å²) in [5.41, 5.74) is 1.35. The Morgan fingerprint density at radius 3 is 2.19 bits per heavy atom. The molecule has 0 bridgehead atoms. The average Bonchev–Trinajstić information content (AvgIpc) is 2.25. The number of rotatable bonds is 5. The molecular formula is C15H22O. The fraction of sp³-hybridized carbons (Fsp3) is 0.467. The first-order valence-electron chi connectivity index (χ1n) is 6.01. The van der Waals surface area contributed by atoms with Gasteiger partial charge in [0.05, 0.1) is 6.26 Å². The lowest BCUT2D eigenvalue weighted by Gasteiger charge is -2.06. The van der Waals surface area contributed by atoms with Gasteiger partial charge in [-0.1, -0.05) is 39.8 Å². The molecule has 1 aromatic carbocycles.